The predicted molar refractivity (Wildman–Crippen MR) is 81.4 cm³/mol. The number of sulfone groups is 1. The van der Waals surface area contributed by atoms with Crippen LogP contribution in [-0.4, -0.2) is 8.42 Å². The van der Waals surface area contributed by atoms with Gasteiger partial charge >= 0.3 is 0 Å². The molecule has 20 heavy (non-hydrogen) atoms. The van der Waals surface area contributed by atoms with E-state index in [4.69, 9.17) is 5.73 Å². The van der Waals surface area contributed by atoms with E-state index < -0.39 is 9.84 Å². The molecule has 2 aromatic rings. The van der Waals surface area contributed by atoms with Gasteiger partial charge in [0.25, 0.3) is 0 Å². The van der Waals surface area contributed by atoms with E-state index in [2.05, 4.69) is 20.8 Å². The Balaban J connectivity index is 2.49. The van der Waals surface area contributed by atoms with Gasteiger partial charge in [0, 0.05) is 0 Å². The molecule has 106 valence electrons. The van der Waals surface area contributed by atoms with Crippen molar-refractivity contribution in [2.45, 2.75) is 36.0 Å². The Bertz CT molecular complexity index is 711. The molecule has 2 rings (SSSR count). The summed E-state index contributed by atoms with van der Waals surface area (Å²) in [5, 5.41) is 0. The van der Waals surface area contributed by atoms with E-state index in [9.17, 15) is 8.42 Å². The van der Waals surface area contributed by atoms with Crippen LogP contribution < -0.4 is 5.73 Å². The van der Waals surface area contributed by atoms with Crippen molar-refractivity contribution >= 4 is 15.5 Å². The highest BCUT2D eigenvalue weighted by Crippen LogP contribution is 2.28. The number of nitrogen functional groups attached to an aromatic ring is 1. The second-order valence-corrected chi connectivity index (χ2v) is 7.73. The predicted octanol–water partition coefficient (Wildman–Crippen LogP) is 3.40. The van der Waals surface area contributed by atoms with Crippen molar-refractivity contribution in [3.63, 3.8) is 0 Å². The molecule has 0 radical (unpaired) electrons. The number of hydrogen-bond acceptors (Lipinski definition) is 3. The summed E-state index contributed by atoms with van der Waals surface area (Å²) in [5.41, 5.74) is 7.12. The third kappa shape index (κ3) is 2.70. The summed E-state index contributed by atoms with van der Waals surface area (Å²) in [4.78, 5) is 0.423. The molecule has 0 aliphatic carbocycles. The van der Waals surface area contributed by atoms with Crippen molar-refractivity contribution in [3.8, 4) is 0 Å². The Kier molecular flexibility index (Phi) is 3.61. The highest BCUT2D eigenvalue weighted by molar-refractivity contribution is 7.91. The summed E-state index contributed by atoms with van der Waals surface area (Å²) in [6, 6.07) is 13.5. The van der Waals surface area contributed by atoms with E-state index in [1.807, 2.05) is 12.1 Å². The van der Waals surface area contributed by atoms with E-state index in [-0.39, 0.29) is 20.9 Å². The molecule has 0 unspecified atom stereocenters. The van der Waals surface area contributed by atoms with Crippen LogP contribution in [0.4, 0.5) is 5.69 Å². The van der Waals surface area contributed by atoms with E-state index in [0.29, 0.717) is 0 Å². The quantitative estimate of drug-likeness (QED) is 0.862. The van der Waals surface area contributed by atoms with Gasteiger partial charge in [-0.3, -0.25) is 0 Å². The summed E-state index contributed by atoms with van der Waals surface area (Å²) in [6.45, 7) is 6.27. The zero-order valence-electron chi connectivity index (χ0n) is 11.9. The Morgan fingerprint density at radius 1 is 0.900 bits per heavy atom. The lowest BCUT2D eigenvalue weighted by Crippen LogP contribution is -2.11. The third-order valence-corrected chi connectivity index (χ3v) is 5.08. The Hall–Kier alpha value is -1.81. The minimum atomic E-state index is -3.56. The van der Waals surface area contributed by atoms with Gasteiger partial charge in [0.05, 0.1) is 15.5 Å². The van der Waals surface area contributed by atoms with Gasteiger partial charge < -0.3 is 5.73 Å². The number of para-hydroxylation sites is 1. The molecular weight excluding hydrogens is 270 g/mol. The lowest BCUT2D eigenvalue weighted by Gasteiger charge is -2.19. The van der Waals surface area contributed by atoms with E-state index in [0.717, 1.165) is 5.56 Å². The molecule has 0 aromatic heterocycles. The van der Waals surface area contributed by atoms with Crippen LogP contribution in [0.3, 0.4) is 0 Å². The highest BCUT2D eigenvalue weighted by atomic mass is 32.2. The highest BCUT2D eigenvalue weighted by Gasteiger charge is 2.21. The van der Waals surface area contributed by atoms with Crippen LogP contribution in [0.2, 0.25) is 0 Å². The van der Waals surface area contributed by atoms with Crippen molar-refractivity contribution in [1.82, 2.24) is 0 Å². The zero-order valence-corrected chi connectivity index (χ0v) is 12.7. The van der Waals surface area contributed by atoms with Crippen molar-refractivity contribution in [2.75, 3.05) is 5.73 Å². The van der Waals surface area contributed by atoms with Gasteiger partial charge in [-0.1, -0.05) is 45.0 Å². The van der Waals surface area contributed by atoms with Gasteiger partial charge in [0.15, 0.2) is 0 Å². The maximum absolute atomic E-state index is 12.5. The largest absolute Gasteiger partial charge is 0.398 e. The molecule has 2 N–H and O–H groups in total. The summed E-state index contributed by atoms with van der Waals surface area (Å²) in [6.07, 6.45) is 0. The fourth-order valence-corrected chi connectivity index (χ4v) is 3.37. The first-order valence-corrected chi connectivity index (χ1v) is 7.91. The van der Waals surface area contributed by atoms with Gasteiger partial charge in [-0.2, -0.15) is 0 Å². The lowest BCUT2D eigenvalue weighted by molar-refractivity contribution is 0.586. The molecule has 0 atom stereocenters. The molecule has 0 bridgehead atoms. The molecule has 0 amide bonds. The summed E-state index contributed by atoms with van der Waals surface area (Å²) >= 11 is 0. The van der Waals surface area contributed by atoms with Crippen LogP contribution in [0.1, 0.15) is 26.3 Å². The fourth-order valence-electron chi connectivity index (χ4n) is 1.99. The number of anilines is 1. The van der Waals surface area contributed by atoms with Crippen LogP contribution >= 0.6 is 0 Å². The summed E-state index contributed by atoms with van der Waals surface area (Å²) in [5.74, 6) is 0. The number of nitrogens with two attached hydrogens (primary N) is 1. The maximum atomic E-state index is 12.5. The minimum Gasteiger partial charge on any atom is -0.398 e. The topological polar surface area (TPSA) is 60.2 Å². The summed E-state index contributed by atoms with van der Waals surface area (Å²) in [7, 11) is -3.56. The Morgan fingerprint density at radius 2 is 1.45 bits per heavy atom. The van der Waals surface area contributed by atoms with Crippen molar-refractivity contribution in [2.24, 2.45) is 0 Å². The molecule has 0 spiro atoms. The fraction of sp³-hybridized carbons (Fsp3) is 0.250. The first kappa shape index (κ1) is 14.6. The number of rotatable bonds is 2. The van der Waals surface area contributed by atoms with E-state index >= 15 is 0 Å². The SMILES string of the molecule is CC(C)(C)c1ccc(S(=O)(=O)c2ccccc2N)cc1. The molecule has 0 saturated heterocycles. The van der Waals surface area contributed by atoms with Crippen molar-refractivity contribution in [3.05, 3.63) is 54.1 Å². The zero-order chi connectivity index (χ0) is 15.0. The van der Waals surface area contributed by atoms with Crippen LogP contribution in [0.5, 0.6) is 0 Å². The molecule has 0 aliphatic rings. The van der Waals surface area contributed by atoms with E-state index in [1.165, 1.54) is 6.07 Å². The molecule has 4 heteroatoms. The molecule has 3 nitrogen and oxygen atoms in total. The van der Waals surface area contributed by atoms with Crippen LogP contribution in [0, 0.1) is 0 Å². The van der Waals surface area contributed by atoms with Crippen LogP contribution in [0.25, 0.3) is 0 Å². The second kappa shape index (κ2) is 4.94. The van der Waals surface area contributed by atoms with Gasteiger partial charge in [-0.15, -0.1) is 0 Å². The number of hydrogen-bond donors (Lipinski definition) is 1. The second-order valence-electron chi connectivity index (χ2n) is 5.82. The Morgan fingerprint density at radius 3 is 1.95 bits per heavy atom. The molecule has 0 saturated carbocycles. The van der Waals surface area contributed by atoms with Crippen LogP contribution in [0.15, 0.2) is 58.3 Å². The molecule has 0 heterocycles. The summed E-state index contributed by atoms with van der Waals surface area (Å²) < 4.78 is 25.1. The lowest BCUT2D eigenvalue weighted by atomic mass is 9.87. The monoisotopic (exact) mass is 289 g/mol. The Labute approximate surface area is 120 Å². The average molecular weight is 289 g/mol. The standard InChI is InChI=1S/C16H19NO2S/c1-16(2,3)12-8-10-13(11-9-12)20(18,19)15-7-5-4-6-14(15)17/h4-11H,17H2,1-3H3. The minimum absolute atomic E-state index is 0.00589. The third-order valence-electron chi connectivity index (χ3n) is 3.24. The first-order valence-electron chi connectivity index (χ1n) is 6.43. The smallest absolute Gasteiger partial charge is 0.208 e. The van der Waals surface area contributed by atoms with Crippen molar-refractivity contribution in [1.29, 1.82) is 0 Å². The molecule has 0 aliphatic heterocycles. The van der Waals surface area contributed by atoms with Gasteiger partial charge in [0.2, 0.25) is 9.84 Å². The van der Waals surface area contributed by atoms with Crippen LogP contribution in [-0.2, 0) is 15.3 Å². The maximum Gasteiger partial charge on any atom is 0.208 e. The van der Waals surface area contributed by atoms with Gasteiger partial charge in [0.1, 0.15) is 0 Å². The van der Waals surface area contributed by atoms with Gasteiger partial charge in [-0.05, 0) is 35.2 Å². The molecule has 2 aromatic carbocycles. The number of benzene rings is 2. The molecular formula is C16H19NO2S. The first-order chi connectivity index (χ1) is 9.23. The average Bonchev–Trinajstić information content (AvgIpc) is 2.38. The van der Waals surface area contributed by atoms with E-state index in [1.54, 1.807) is 30.3 Å². The normalized spacial score (nSPS) is 12.3. The van der Waals surface area contributed by atoms with Gasteiger partial charge in [-0.25, -0.2) is 8.42 Å². The van der Waals surface area contributed by atoms with Crippen molar-refractivity contribution < 1.29 is 8.42 Å². The molecule has 0 fully saturated rings.